The minimum absolute atomic E-state index is 0.0302. The van der Waals surface area contributed by atoms with Crippen molar-refractivity contribution >= 4 is 56.9 Å². The third kappa shape index (κ3) is 2.71. The Labute approximate surface area is 160 Å². The van der Waals surface area contributed by atoms with Crippen molar-refractivity contribution in [1.82, 2.24) is 0 Å². The number of halogens is 3. The number of ether oxygens (including phenoxy) is 1. The van der Waals surface area contributed by atoms with Gasteiger partial charge in [0.05, 0.1) is 12.2 Å². The molecule has 4 rings (SSSR count). The molecule has 0 aliphatic carbocycles. The van der Waals surface area contributed by atoms with Crippen molar-refractivity contribution in [1.29, 1.82) is 0 Å². The fourth-order valence-electron chi connectivity index (χ4n) is 3.30. The Morgan fingerprint density at radius 1 is 1.14 bits per heavy atom. The standard InChI is InChI=1S/C17H13FI2OS/c18-9-1-3-16-14(5-9)17-13(7-11(8-19)21-17)12-6-10(20)2-4-15(12)22-16/h1-6,11,13,17H,7-8H2/t11?,13-,17-/m1/s1. The van der Waals surface area contributed by atoms with Gasteiger partial charge in [0.2, 0.25) is 0 Å². The average Bonchev–Trinajstić information content (AvgIpc) is 2.90. The van der Waals surface area contributed by atoms with Crippen LogP contribution in [0.4, 0.5) is 4.39 Å². The molecule has 2 aromatic carbocycles. The zero-order valence-corrected chi connectivity index (χ0v) is 16.7. The van der Waals surface area contributed by atoms with Gasteiger partial charge in [0.1, 0.15) is 5.82 Å². The highest BCUT2D eigenvalue weighted by Crippen LogP contribution is 2.53. The van der Waals surface area contributed by atoms with Gasteiger partial charge in [-0.25, -0.2) is 4.39 Å². The number of rotatable bonds is 1. The van der Waals surface area contributed by atoms with Gasteiger partial charge in [-0.1, -0.05) is 34.4 Å². The molecule has 0 bridgehead atoms. The van der Waals surface area contributed by atoms with Crippen molar-refractivity contribution in [3.05, 3.63) is 56.9 Å². The van der Waals surface area contributed by atoms with Crippen LogP contribution in [-0.2, 0) is 4.74 Å². The second-order valence-electron chi connectivity index (χ2n) is 5.64. The number of fused-ring (bicyclic) bond motifs is 5. The molecule has 1 saturated heterocycles. The van der Waals surface area contributed by atoms with Crippen LogP contribution < -0.4 is 0 Å². The summed E-state index contributed by atoms with van der Waals surface area (Å²) in [5, 5.41) is 0. The Kier molecular flexibility index (Phi) is 4.42. The lowest BCUT2D eigenvalue weighted by Gasteiger charge is -2.19. The molecule has 2 aromatic rings. The van der Waals surface area contributed by atoms with Crippen LogP contribution in [0.2, 0.25) is 0 Å². The van der Waals surface area contributed by atoms with E-state index in [1.54, 1.807) is 23.9 Å². The summed E-state index contributed by atoms with van der Waals surface area (Å²) in [6.07, 6.45) is 1.23. The Hall–Kier alpha value is 0.140. The summed E-state index contributed by atoms with van der Waals surface area (Å²) in [6.45, 7) is 0. The molecule has 2 aliphatic rings. The number of benzene rings is 2. The summed E-state index contributed by atoms with van der Waals surface area (Å²) >= 11 is 6.47. The van der Waals surface area contributed by atoms with Crippen LogP contribution in [0.5, 0.6) is 0 Å². The van der Waals surface area contributed by atoms with Crippen molar-refractivity contribution in [2.75, 3.05) is 4.43 Å². The quantitative estimate of drug-likeness (QED) is 0.329. The van der Waals surface area contributed by atoms with Gasteiger partial charge in [-0.2, -0.15) is 0 Å². The van der Waals surface area contributed by atoms with Crippen LogP contribution >= 0.6 is 56.9 Å². The van der Waals surface area contributed by atoms with Crippen LogP contribution in [0.1, 0.15) is 29.6 Å². The summed E-state index contributed by atoms with van der Waals surface area (Å²) in [6, 6.07) is 11.7. The monoisotopic (exact) mass is 538 g/mol. The molecule has 0 saturated carbocycles. The van der Waals surface area contributed by atoms with E-state index in [0.29, 0.717) is 5.92 Å². The molecule has 2 aliphatic heterocycles. The van der Waals surface area contributed by atoms with Gasteiger partial charge in [0, 0.05) is 23.7 Å². The molecule has 1 fully saturated rings. The highest BCUT2D eigenvalue weighted by Gasteiger charge is 2.40. The second kappa shape index (κ2) is 6.22. The molecule has 1 nitrogen and oxygen atoms in total. The van der Waals surface area contributed by atoms with E-state index in [1.165, 1.54) is 14.0 Å². The van der Waals surface area contributed by atoms with Crippen molar-refractivity contribution in [2.24, 2.45) is 0 Å². The van der Waals surface area contributed by atoms with Crippen molar-refractivity contribution in [3.8, 4) is 0 Å². The van der Waals surface area contributed by atoms with Gasteiger partial charge in [-0.3, -0.25) is 0 Å². The molecular weight excluding hydrogens is 525 g/mol. The van der Waals surface area contributed by atoms with Gasteiger partial charge in [0.15, 0.2) is 0 Å². The summed E-state index contributed by atoms with van der Waals surface area (Å²) in [7, 11) is 0. The maximum absolute atomic E-state index is 13.8. The van der Waals surface area contributed by atoms with Gasteiger partial charge in [-0.05, 0) is 76.5 Å². The number of hydrogen-bond donors (Lipinski definition) is 0. The van der Waals surface area contributed by atoms with Gasteiger partial charge >= 0.3 is 0 Å². The van der Waals surface area contributed by atoms with Gasteiger partial charge in [-0.15, -0.1) is 0 Å². The van der Waals surface area contributed by atoms with E-state index in [0.717, 1.165) is 21.3 Å². The molecular formula is C17H13FI2OS. The normalized spacial score (nSPS) is 26.0. The summed E-state index contributed by atoms with van der Waals surface area (Å²) in [4.78, 5) is 2.39. The van der Waals surface area contributed by atoms with E-state index in [2.05, 4.69) is 63.4 Å². The molecule has 5 heteroatoms. The molecule has 1 unspecified atom stereocenters. The van der Waals surface area contributed by atoms with E-state index >= 15 is 0 Å². The first-order valence-corrected chi connectivity index (χ1v) is 10.6. The lowest BCUT2D eigenvalue weighted by molar-refractivity contribution is 0.0533. The number of hydrogen-bond acceptors (Lipinski definition) is 2. The Bertz CT molecular complexity index is 677. The van der Waals surface area contributed by atoms with E-state index in [9.17, 15) is 4.39 Å². The first kappa shape index (κ1) is 15.7. The molecule has 22 heavy (non-hydrogen) atoms. The third-order valence-corrected chi connectivity index (χ3v) is 7.10. The molecule has 0 aromatic heterocycles. The first-order chi connectivity index (χ1) is 10.7. The fourth-order valence-corrected chi connectivity index (χ4v) is 5.51. The summed E-state index contributed by atoms with van der Waals surface area (Å²) < 4.78 is 22.3. The molecule has 0 N–H and O–H groups in total. The fraction of sp³-hybridized carbons (Fsp3) is 0.294. The van der Waals surface area contributed by atoms with Crippen LogP contribution in [0.15, 0.2) is 46.2 Å². The smallest absolute Gasteiger partial charge is 0.123 e. The lowest BCUT2D eigenvalue weighted by Crippen LogP contribution is -2.08. The Morgan fingerprint density at radius 3 is 2.73 bits per heavy atom. The lowest BCUT2D eigenvalue weighted by atomic mass is 9.88. The zero-order chi connectivity index (χ0) is 15.3. The minimum atomic E-state index is -0.180. The first-order valence-electron chi connectivity index (χ1n) is 7.14. The highest BCUT2D eigenvalue weighted by molar-refractivity contribution is 14.1. The molecule has 0 amide bonds. The van der Waals surface area contributed by atoms with Crippen molar-refractivity contribution < 1.29 is 9.13 Å². The summed E-state index contributed by atoms with van der Waals surface area (Å²) in [5.41, 5.74) is 2.36. The molecule has 2 heterocycles. The third-order valence-electron chi connectivity index (χ3n) is 4.26. The van der Waals surface area contributed by atoms with Gasteiger partial charge in [0.25, 0.3) is 0 Å². The van der Waals surface area contributed by atoms with Crippen LogP contribution in [0.3, 0.4) is 0 Å². The molecule has 3 atom stereocenters. The predicted octanol–water partition coefficient (Wildman–Crippen LogP) is 5.94. The van der Waals surface area contributed by atoms with Crippen LogP contribution in [-0.4, -0.2) is 10.5 Å². The van der Waals surface area contributed by atoms with E-state index in [4.69, 9.17) is 4.74 Å². The average molecular weight is 538 g/mol. The number of alkyl halides is 1. The molecule has 0 spiro atoms. The van der Waals surface area contributed by atoms with Crippen molar-refractivity contribution in [2.45, 2.75) is 34.3 Å². The van der Waals surface area contributed by atoms with Crippen molar-refractivity contribution in [3.63, 3.8) is 0 Å². The summed E-state index contributed by atoms with van der Waals surface area (Å²) in [5.74, 6) is 0.139. The maximum Gasteiger partial charge on any atom is 0.123 e. The predicted molar refractivity (Wildman–Crippen MR) is 104 cm³/mol. The second-order valence-corrected chi connectivity index (χ2v) is 8.85. The van der Waals surface area contributed by atoms with E-state index in [1.807, 2.05) is 6.07 Å². The van der Waals surface area contributed by atoms with Gasteiger partial charge < -0.3 is 4.74 Å². The van der Waals surface area contributed by atoms with E-state index < -0.39 is 0 Å². The van der Waals surface area contributed by atoms with Crippen LogP contribution in [0.25, 0.3) is 0 Å². The Morgan fingerprint density at radius 2 is 1.91 bits per heavy atom. The SMILES string of the molecule is Fc1ccc2c(c1)[C@@H]1OC(CI)C[C@@H]1c1cc(I)ccc1S2. The zero-order valence-electron chi connectivity index (χ0n) is 11.6. The molecule has 0 radical (unpaired) electrons. The van der Waals surface area contributed by atoms with Crippen LogP contribution in [0, 0.1) is 9.39 Å². The minimum Gasteiger partial charge on any atom is -0.369 e. The van der Waals surface area contributed by atoms with E-state index in [-0.39, 0.29) is 18.0 Å². The largest absolute Gasteiger partial charge is 0.369 e. The maximum atomic E-state index is 13.8. The molecule has 114 valence electrons. The highest BCUT2D eigenvalue weighted by atomic mass is 127. The Balaban J connectivity index is 1.90. The topological polar surface area (TPSA) is 9.23 Å².